The lowest BCUT2D eigenvalue weighted by Crippen LogP contribution is -2.27. The van der Waals surface area contributed by atoms with Crippen LogP contribution in [0.25, 0.3) is 0 Å². The Hall–Kier alpha value is -15.5. The minimum Gasteiger partial charge on any atom is -0.495 e. The van der Waals surface area contributed by atoms with E-state index in [0.29, 0.717) is 102 Å². The van der Waals surface area contributed by atoms with E-state index >= 15 is 0 Å². The highest BCUT2D eigenvalue weighted by Gasteiger charge is 2.24. The molecule has 0 saturated carbocycles. The Morgan fingerprint density at radius 1 is 0.390 bits per heavy atom. The molecule has 0 bridgehead atoms. The number of methoxy groups -OCH3 is 3. The second kappa shape index (κ2) is 53.5. The predicted molar refractivity (Wildman–Crippen MR) is 556 cm³/mol. The molecule has 1 atom stereocenters. The van der Waals surface area contributed by atoms with Crippen molar-refractivity contribution in [2.45, 2.75) is 43.4 Å². The van der Waals surface area contributed by atoms with Crippen LogP contribution in [0.1, 0.15) is 135 Å². The molecule has 0 heterocycles. The Balaban J connectivity index is 0.000000230. The summed E-state index contributed by atoms with van der Waals surface area (Å²) in [5, 5.41) is 28.8. The number of Topliss-reactive ketones (excluding diaryl/α,β-unsaturated/α-hetero) is 3. The number of para-hydroxylation sites is 3. The first-order valence-corrected chi connectivity index (χ1v) is 54.2. The summed E-state index contributed by atoms with van der Waals surface area (Å²) in [5.74, 6) is 6.45. The number of carbonyl (C=O) groups excluding carboxylic acids is 7. The number of nitrogens with zero attached hydrogens (tertiary/aromatic N) is 3. The largest absolute Gasteiger partial charge is 0.495 e. The highest BCUT2D eigenvalue weighted by molar-refractivity contribution is 8.00. The van der Waals surface area contributed by atoms with Crippen LogP contribution < -0.4 is 39.8 Å². The summed E-state index contributed by atoms with van der Waals surface area (Å²) in [6.45, 7) is 2.19. The van der Waals surface area contributed by atoms with E-state index in [4.69, 9.17) is 37.6 Å². The molecule has 30 nitrogen and oxygen atoms in total. The quantitative estimate of drug-likeness (QED) is 0.0124. The predicted octanol–water partition coefficient (Wildman–Crippen LogP) is 15.2. The molecule has 1 unspecified atom stereocenters. The monoisotopic (exact) mass is 2020 g/mol. The van der Waals surface area contributed by atoms with Crippen molar-refractivity contribution in [1.29, 1.82) is 10.5 Å². The first kappa shape index (κ1) is 113. The van der Waals surface area contributed by atoms with E-state index < -0.39 is 65.2 Å². The van der Waals surface area contributed by atoms with Crippen molar-refractivity contribution in [3.05, 3.63) is 380 Å². The van der Waals surface area contributed by atoms with Gasteiger partial charge in [-0.05, 0) is 192 Å². The number of amides is 4. The summed E-state index contributed by atoms with van der Waals surface area (Å²) in [7, 11) is -13.1. The molecule has 4 amide bonds. The number of hydrogen-bond acceptors (Lipinski definition) is 23. The van der Waals surface area contributed by atoms with Gasteiger partial charge in [0.1, 0.15) is 11.8 Å². The first-order chi connectivity index (χ1) is 66.6. The Kier molecular flexibility index (Phi) is 42.7. The maximum absolute atomic E-state index is 12.6. The van der Waals surface area contributed by atoms with Crippen molar-refractivity contribution in [2.75, 3.05) is 114 Å². The number of nitriles is 2. The average molecular weight is 2020 g/mol. The number of sulfonamides is 2. The van der Waals surface area contributed by atoms with Gasteiger partial charge in [-0.25, -0.2) is 46.3 Å². The second-order valence-corrected chi connectivity index (χ2v) is 44.0. The van der Waals surface area contributed by atoms with Crippen molar-refractivity contribution in [2.24, 2.45) is 0 Å². The van der Waals surface area contributed by atoms with E-state index in [1.165, 1.54) is 49.9 Å². The lowest BCUT2D eigenvalue weighted by molar-refractivity contribution is 0.0984. The van der Waals surface area contributed by atoms with Crippen LogP contribution >= 0.6 is 0 Å². The van der Waals surface area contributed by atoms with E-state index in [0.717, 1.165) is 53.7 Å². The molecule has 0 saturated heterocycles. The fourth-order valence-corrected chi connectivity index (χ4v) is 17.6. The zero-order chi connectivity index (χ0) is 104. The smallest absolute Gasteiger partial charge is 0.257 e. The topological polar surface area (TPSA) is 458 Å². The molecule has 0 aliphatic carbocycles. The fraction of sp³-hybridized carbons (Fsp3) is 0.181. The minimum absolute atomic E-state index is 0.0585. The summed E-state index contributed by atoms with van der Waals surface area (Å²) in [4.78, 5) is 86.3. The molecule has 732 valence electrons. The number of benzene rings is 12. The van der Waals surface area contributed by atoms with Crippen LogP contribution in [-0.2, 0) is 105 Å². The summed E-state index contributed by atoms with van der Waals surface area (Å²) in [6.07, 6.45) is 17.7. The molecule has 0 spiro atoms. The maximum Gasteiger partial charge on any atom is 0.257 e. The van der Waals surface area contributed by atoms with Gasteiger partial charge in [-0.2, -0.15) is 10.5 Å². The molecule has 12 aromatic rings. The number of carbonyl (C=O) groups is 7. The van der Waals surface area contributed by atoms with Crippen molar-refractivity contribution in [1.82, 2.24) is 0 Å². The molecular formula is C105H105N9O21S6. The third-order valence-corrected chi connectivity index (χ3v) is 25.5. The highest BCUT2D eigenvalue weighted by Crippen LogP contribution is 2.29. The standard InChI is InChI=1S/C19H19NO4S.C18H21NO4S.C18H18O4S.C17H17N3O2S.C17H15NO3S.C16H15N3O4S/c1-3-15-8-10-16(11-9-15)14-19(21)17-6-4-5-7-18(17)20-25(22,23)13-12-24-2;1-23-12-11-14-7-9-16(10-8-14)19-18(20)17-6-4-3-5-15(17)13-24(2,21)22;1-13(19)15-8-5-6-14(10-15)11-18(20)17-9-4-3-7-16(17)12-23(2,21)22;1-20(23(2,3)22)16-7-5-4-6-15(16)17(21)19-14-10-8-13(12-18)9-11-14;1-3-13-7-6-9-15(11-13)18-17(19)16-10-5-4-8-14(16)12-22(2,20)21;1-23-15-8-7-12(9-11(15)10-17)18-16(20)13-5-3-4-6-14(13)19-24(2,21)22/h1,4-11,20H,12-14H2,2H3;3-10H,11-13H2,1-2H3,(H,19,20);3-10H,11-12H2,1-2H3;4-11H,2H2,1,3H3,(H,19,21);1,4-11H,12H2,2H3,(H,18,19);3-9,19H,1-2H3,(H,18,20). The number of anilines is 7. The van der Waals surface area contributed by atoms with Gasteiger partial charge in [0.25, 0.3) is 23.6 Å². The zero-order valence-electron chi connectivity index (χ0n) is 78.7. The van der Waals surface area contributed by atoms with Gasteiger partial charge < -0.3 is 39.8 Å². The number of ether oxygens (including phenoxy) is 3. The lowest BCUT2D eigenvalue weighted by atomic mass is 9.98. The van der Waals surface area contributed by atoms with Crippen LogP contribution in [0.4, 0.5) is 39.8 Å². The van der Waals surface area contributed by atoms with Gasteiger partial charge in [0, 0.05) is 131 Å². The summed E-state index contributed by atoms with van der Waals surface area (Å²) >= 11 is 0. The second-order valence-electron chi connectivity index (χ2n) is 31.5. The highest BCUT2D eigenvalue weighted by atomic mass is 32.2. The van der Waals surface area contributed by atoms with E-state index in [-0.39, 0.29) is 100 Å². The molecular weight excluding hydrogens is 1920 g/mol. The molecule has 141 heavy (non-hydrogen) atoms. The molecule has 12 aromatic carbocycles. The van der Waals surface area contributed by atoms with Crippen molar-refractivity contribution < 1.29 is 94.1 Å². The molecule has 6 N–H and O–H groups in total. The van der Waals surface area contributed by atoms with Gasteiger partial charge >= 0.3 is 0 Å². The van der Waals surface area contributed by atoms with E-state index in [1.54, 1.807) is 257 Å². The number of ketones is 3. The lowest BCUT2D eigenvalue weighted by Gasteiger charge is -2.23. The van der Waals surface area contributed by atoms with Gasteiger partial charge in [0.05, 0.1) is 95.0 Å². The van der Waals surface area contributed by atoms with Crippen LogP contribution in [0, 0.1) is 47.3 Å². The third-order valence-electron chi connectivity index (χ3n) is 19.8. The van der Waals surface area contributed by atoms with Crippen molar-refractivity contribution >= 4 is 146 Å². The van der Waals surface area contributed by atoms with Crippen LogP contribution in [0.5, 0.6) is 5.75 Å². The van der Waals surface area contributed by atoms with Crippen molar-refractivity contribution in [3.63, 3.8) is 0 Å². The summed E-state index contributed by atoms with van der Waals surface area (Å²) < 4.78 is 149. The van der Waals surface area contributed by atoms with Crippen LogP contribution in [0.15, 0.2) is 285 Å². The Bertz CT molecular complexity index is 7440. The van der Waals surface area contributed by atoms with E-state index in [1.807, 2.05) is 36.4 Å². The molecule has 12 rings (SSSR count). The van der Waals surface area contributed by atoms with Crippen LogP contribution in [0.3, 0.4) is 0 Å². The van der Waals surface area contributed by atoms with E-state index in [9.17, 15) is 79.9 Å². The summed E-state index contributed by atoms with van der Waals surface area (Å²) in [5.41, 5.74) is 12.0. The van der Waals surface area contributed by atoms with Gasteiger partial charge in [0.15, 0.2) is 46.9 Å². The zero-order valence-corrected chi connectivity index (χ0v) is 83.6. The molecule has 0 aliphatic heterocycles. The SMILES string of the molecule is C#Cc1ccc(CC(=O)c2ccccc2NS(=O)(=O)CCOC)cc1.C#Cc1cccc(NC(=O)c2ccccc2CS(C)(=O)=O)c1.C=S(C)(=O)N(C)c1ccccc1C(=O)Nc1ccc(C#N)cc1.CC(=O)c1cccc(CC(=O)c2ccccc2CS(C)(=O)=O)c1.COCCc1ccc(NC(=O)c2ccccc2CS(C)(=O)=O)cc1.COc1ccc(NC(=O)c2ccccc2NS(C)(=O)=O)cc1C#N. The number of rotatable bonds is 34. The van der Waals surface area contributed by atoms with Gasteiger partial charge in [-0.15, -0.1) is 12.8 Å². The molecule has 0 radical (unpaired) electrons. The number of sulfone groups is 3. The average Bonchev–Trinajstić information content (AvgIpc) is 0.812. The maximum atomic E-state index is 12.6. The Labute approximate surface area is 824 Å². The molecule has 0 aromatic heterocycles. The van der Waals surface area contributed by atoms with Gasteiger partial charge in [-0.3, -0.25) is 43.0 Å². The Morgan fingerprint density at radius 3 is 1.29 bits per heavy atom. The number of hydrogen-bond donors (Lipinski definition) is 6. The van der Waals surface area contributed by atoms with Crippen LogP contribution in [0.2, 0.25) is 0 Å². The van der Waals surface area contributed by atoms with E-state index in [2.05, 4.69) is 48.4 Å². The summed E-state index contributed by atoms with van der Waals surface area (Å²) in [6, 6.07) is 83.4. The third kappa shape index (κ3) is 38.8. The van der Waals surface area contributed by atoms with Gasteiger partial charge in [-0.1, -0.05) is 157 Å². The van der Waals surface area contributed by atoms with Crippen LogP contribution in [-0.4, -0.2) is 172 Å². The molecule has 0 fully saturated rings. The number of nitrogens with one attached hydrogen (secondary N) is 6. The fourth-order valence-electron chi connectivity index (χ4n) is 13.0. The Morgan fingerprint density at radius 2 is 0.801 bits per heavy atom. The minimum atomic E-state index is -3.58. The van der Waals surface area contributed by atoms with Crippen molar-refractivity contribution in [3.8, 4) is 42.6 Å². The molecule has 36 heteroatoms. The first-order valence-electron chi connectivity index (χ1n) is 42.4. The van der Waals surface area contributed by atoms with Gasteiger partial charge in [0.2, 0.25) is 20.0 Å². The molecule has 0 aliphatic rings. The normalized spacial score (nSPS) is 11.2. The number of terminal acetylenes is 2.